The van der Waals surface area contributed by atoms with E-state index in [0.29, 0.717) is 5.76 Å². The Balaban J connectivity index is 2.48. The van der Waals surface area contributed by atoms with Crippen molar-refractivity contribution in [2.24, 2.45) is 5.41 Å². The van der Waals surface area contributed by atoms with Gasteiger partial charge in [0.25, 0.3) is 0 Å². The molecule has 3 heteroatoms. The maximum Gasteiger partial charge on any atom is 0.132 e. The number of fused-ring (bicyclic) bond motifs is 1. The Labute approximate surface area is 89.7 Å². The fourth-order valence-electron chi connectivity index (χ4n) is 2.49. The minimum absolute atomic E-state index is 0.0729. The standard InChI is InChI=1S/C12H18O3/c1-7-10(6-13)15-9-5-12(2,3)4-8(14)11(7)9/h8,13-14H,4-6H2,1-3H3. The number of rotatable bonds is 1. The highest BCUT2D eigenvalue weighted by Crippen LogP contribution is 2.43. The van der Waals surface area contributed by atoms with Crippen molar-refractivity contribution < 1.29 is 14.6 Å². The van der Waals surface area contributed by atoms with Crippen LogP contribution in [0.3, 0.4) is 0 Å². The molecule has 0 fully saturated rings. The van der Waals surface area contributed by atoms with E-state index in [9.17, 15) is 5.11 Å². The number of aliphatic hydroxyl groups is 2. The molecule has 15 heavy (non-hydrogen) atoms. The Kier molecular flexibility index (Phi) is 2.40. The molecule has 0 aliphatic heterocycles. The number of furan rings is 1. The second-order valence-corrected chi connectivity index (χ2v) is 5.21. The van der Waals surface area contributed by atoms with Gasteiger partial charge in [0.1, 0.15) is 18.1 Å². The molecule has 0 saturated carbocycles. The molecule has 1 aromatic heterocycles. The summed E-state index contributed by atoms with van der Waals surface area (Å²) in [7, 11) is 0. The summed E-state index contributed by atoms with van der Waals surface area (Å²) in [5.41, 5.74) is 1.89. The van der Waals surface area contributed by atoms with Crippen LogP contribution in [0.4, 0.5) is 0 Å². The topological polar surface area (TPSA) is 53.6 Å². The highest BCUT2D eigenvalue weighted by Gasteiger charge is 2.35. The van der Waals surface area contributed by atoms with Gasteiger partial charge in [-0.05, 0) is 24.3 Å². The van der Waals surface area contributed by atoms with Crippen molar-refractivity contribution in [1.29, 1.82) is 0 Å². The molecule has 0 amide bonds. The van der Waals surface area contributed by atoms with Crippen molar-refractivity contribution in [3.8, 4) is 0 Å². The average Bonchev–Trinajstić information content (AvgIpc) is 2.40. The average molecular weight is 210 g/mol. The first-order chi connectivity index (χ1) is 6.94. The molecular formula is C12H18O3. The van der Waals surface area contributed by atoms with Gasteiger partial charge < -0.3 is 14.6 Å². The fourth-order valence-corrected chi connectivity index (χ4v) is 2.49. The first-order valence-electron chi connectivity index (χ1n) is 5.34. The molecule has 1 aliphatic carbocycles. The Hall–Kier alpha value is -0.800. The highest BCUT2D eigenvalue weighted by atomic mass is 16.4. The van der Waals surface area contributed by atoms with Crippen molar-refractivity contribution in [2.75, 3.05) is 0 Å². The molecule has 1 heterocycles. The van der Waals surface area contributed by atoms with Crippen LogP contribution >= 0.6 is 0 Å². The normalized spacial score (nSPS) is 23.9. The minimum atomic E-state index is -0.451. The number of hydrogen-bond donors (Lipinski definition) is 2. The quantitative estimate of drug-likeness (QED) is 0.746. The Morgan fingerprint density at radius 2 is 2.13 bits per heavy atom. The van der Waals surface area contributed by atoms with E-state index in [1.807, 2.05) is 6.92 Å². The summed E-state index contributed by atoms with van der Waals surface area (Å²) in [5.74, 6) is 1.44. The third kappa shape index (κ3) is 1.70. The predicted molar refractivity (Wildman–Crippen MR) is 56.4 cm³/mol. The van der Waals surface area contributed by atoms with E-state index in [0.717, 1.165) is 29.7 Å². The van der Waals surface area contributed by atoms with Crippen LogP contribution in [0.5, 0.6) is 0 Å². The summed E-state index contributed by atoms with van der Waals surface area (Å²) in [6, 6.07) is 0. The molecule has 1 aliphatic rings. The monoisotopic (exact) mass is 210 g/mol. The molecule has 0 radical (unpaired) electrons. The zero-order chi connectivity index (χ0) is 11.2. The molecule has 0 saturated heterocycles. The molecule has 1 aromatic rings. The second-order valence-electron chi connectivity index (χ2n) is 5.21. The lowest BCUT2D eigenvalue weighted by molar-refractivity contribution is 0.0923. The molecule has 84 valence electrons. The summed E-state index contributed by atoms with van der Waals surface area (Å²) < 4.78 is 5.58. The van der Waals surface area contributed by atoms with Gasteiger partial charge >= 0.3 is 0 Å². The Morgan fingerprint density at radius 3 is 2.73 bits per heavy atom. The van der Waals surface area contributed by atoms with Crippen LogP contribution in [0.25, 0.3) is 0 Å². The summed E-state index contributed by atoms with van der Waals surface area (Å²) in [6.45, 7) is 6.05. The summed E-state index contributed by atoms with van der Waals surface area (Å²) >= 11 is 0. The van der Waals surface area contributed by atoms with Gasteiger partial charge in [0.05, 0.1) is 6.10 Å². The van der Waals surface area contributed by atoms with Gasteiger partial charge in [-0.3, -0.25) is 0 Å². The van der Waals surface area contributed by atoms with Crippen LogP contribution in [-0.2, 0) is 13.0 Å². The lowest BCUT2D eigenvalue weighted by Gasteiger charge is -2.32. The summed E-state index contributed by atoms with van der Waals surface area (Å²) in [5, 5.41) is 19.2. The van der Waals surface area contributed by atoms with Crippen molar-refractivity contribution in [2.45, 2.75) is 46.3 Å². The molecule has 1 atom stereocenters. The van der Waals surface area contributed by atoms with Crippen LogP contribution in [0.15, 0.2) is 4.42 Å². The second kappa shape index (κ2) is 3.35. The zero-order valence-corrected chi connectivity index (χ0v) is 9.50. The molecule has 2 rings (SSSR count). The molecule has 0 bridgehead atoms. The van der Waals surface area contributed by atoms with Gasteiger partial charge in [0.2, 0.25) is 0 Å². The highest BCUT2D eigenvalue weighted by molar-refractivity contribution is 5.36. The summed E-state index contributed by atoms with van der Waals surface area (Å²) in [4.78, 5) is 0. The zero-order valence-electron chi connectivity index (χ0n) is 9.50. The van der Waals surface area contributed by atoms with Crippen LogP contribution in [0, 0.1) is 12.3 Å². The van der Waals surface area contributed by atoms with Gasteiger partial charge in [-0.15, -0.1) is 0 Å². The predicted octanol–water partition coefficient (Wildman–Crippen LogP) is 2.09. The van der Waals surface area contributed by atoms with E-state index in [2.05, 4.69) is 13.8 Å². The van der Waals surface area contributed by atoms with Gasteiger partial charge in [-0.25, -0.2) is 0 Å². The Bertz CT molecular complexity index is 376. The number of aliphatic hydroxyl groups excluding tert-OH is 2. The summed E-state index contributed by atoms with van der Waals surface area (Å²) in [6.07, 6.45) is 1.14. The van der Waals surface area contributed by atoms with E-state index < -0.39 is 6.10 Å². The van der Waals surface area contributed by atoms with Gasteiger partial charge in [0, 0.05) is 12.0 Å². The van der Waals surface area contributed by atoms with E-state index in [1.54, 1.807) is 0 Å². The lowest BCUT2D eigenvalue weighted by Crippen LogP contribution is -2.24. The first kappa shape index (κ1) is 10.7. The van der Waals surface area contributed by atoms with Crippen LogP contribution in [0.1, 0.15) is 49.0 Å². The van der Waals surface area contributed by atoms with Crippen molar-refractivity contribution in [3.63, 3.8) is 0 Å². The molecule has 2 N–H and O–H groups in total. The van der Waals surface area contributed by atoms with Crippen molar-refractivity contribution >= 4 is 0 Å². The van der Waals surface area contributed by atoms with Crippen molar-refractivity contribution in [1.82, 2.24) is 0 Å². The number of hydrogen-bond acceptors (Lipinski definition) is 3. The SMILES string of the molecule is Cc1c(CO)oc2c1C(O)CC(C)(C)C2. The molecular weight excluding hydrogens is 192 g/mol. The molecule has 0 aromatic carbocycles. The Morgan fingerprint density at radius 1 is 1.47 bits per heavy atom. The lowest BCUT2D eigenvalue weighted by atomic mass is 9.75. The van der Waals surface area contributed by atoms with Crippen LogP contribution in [-0.4, -0.2) is 10.2 Å². The molecule has 3 nitrogen and oxygen atoms in total. The van der Waals surface area contributed by atoms with Crippen molar-refractivity contribution in [3.05, 3.63) is 22.6 Å². The minimum Gasteiger partial charge on any atom is -0.463 e. The third-order valence-electron chi connectivity index (χ3n) is 3.23. The largest absolute Gasteiger partial charge is 0.463 e. The van der Waals surface area contributed by atoms with E-state index >= 15 is 0 Å². The molecule has 1 unspecified atom stereocenters. The first-order valence-corrected chi connectivity index (χ1v) is 5.34. The van der Waals surface area contributed by atoms with Gasteiger partial charge in [0.15, 0.2) is 0 Å². The van der Waals surface area contributed by atoms with E-state index in [1.165, 1.54) is 0 Å². The maximum absolute atomic E-state index is 10.0. The maximum atomic E-state index is 10.0. The van der Waals surface area contributed by atoms with E-state index in [4.69, 9.17) is 9.52 Å². The van der Waals surface area contributed by atoms with E-state index in [-0.39, 0.29) is 12.0 Å². The van der Waals surface area contributed by atoms with Crippen LogP contribution < -0.4 is 0 Å². The fraction of sp³-hybridized carbons (Fsp3) is 0.667. The third-order valence-corrected chi connectivity index (χ3v) is 3.23. The van der Waals surface area contributed by atoms with Gasteiger partial charge in [-0.2, -0.15) is 0 Å². The smallest absolute Gasteiger partial charge is 0.132 e. The van der Waals surface area contributed by atoms with Gasteiger partial charge in [-0.1, -0.05) is 13.8 Å². The van der Waals surface area contributed by atoms with Crippen LogP contribution in [0.2, 0.25) is 0 Å². The molecule has 0 spiro atoms.